The second-order valence-corrected chi connectivity index (χ2v) is 9.40. The van der Waals surface area contributed by atoms with E-state index in [0.29, 0.717) is 4.90 Å². The summed E-state index contributed by atoms with van der Waals surface area (Å²) in [5, 5.41) is 4.00. The fraction of sp³-hybridized carbons (Fsp3) is 0.0952. The van der Waals surface area contributed by atoms with Crippen LogP contribution in [0, 0.1) is 0 Å². The summed E-state index contributed by atoms with van der Waals surface area (Å²) in [5.41, 5.74) is 3.85. The monoisotopic (exact) mass is 410 g/mol. The van der Waals surface area contributed by atoms with Gasteiger partial charge in [-0.25, -0.2) is 13.4 Å². The minimum absolute atomic E-state index is 0.304. The molecule has 28 heavy (non-hydrogen) atoms. The highest BCUT2D eigenvalue weighted by Gasteiger charge is 2.11. The summed E-state index contributed by atoms with van der Waals surface area (Å²) >= 11 is 1.42. The second kappa shape index (κ2) is 7.26. The predicted octanol–water partition coefficient (Wildman–Crippen LogP) is 5.12. The van der Waals surface area contributed by atoms with Gasteiger partial charge in [0, 0.05) is 11.9 Å². The molecule has 3 aromatic carbocycles. The Hall–Kier alpha value is -2.90. The number of hydrogen-bond acceptors (Lipinski definition) is 6. The molecule has 0 aliphatic heterocycles. The van der Waals surface area contributed by atoms with Gasteiger partial charge in [-0.05, 0) is 53.6 Å². The highest BCUT2D eigenvalue weighted by Crippen LogP contribution is 2.31. The van der Waals surface area contributed by atoms with Gasteiger partial charge in [-0.2, -0.15) is 0 Å². The van der Waals surface area contributed by atoms with Crippen molar-refractivity contribution in [2.45, 2.75) is 4.90 Å². The highest BCUT2D eigenvalue weighted by molar-refractivity contribution is 7.90. The van der Waals surface area contributed by atoms with Crippen LogP contribution >= 0.6 is 11.3 Å². The third kappa shape index (κ3) is 3.85. The van der Waals surface area contributed by atoms with Crippen molar-refractivity contribution in [1.29, 1.82) is 0 Å². The molecular weight excluding hydrogens is 392 g/mol. The van der Waals surface area contributed by atoms with Crippen LogP contribution in [-0.2, 0) is 9.84 Å². The lowest BCUT2D eigenvalue weighted by Gasteiger charge is -2.07. The number of anilines is 2. The normalized spacial score (nSPS) is 11.5. The summed E-state index contributed by atoms with van der Waals surface area (Å²) in [4.78, 5) is 4.83. The molecular formula is C21H18N2O3S2. The van der Waals surface area contributed by atoms with Crippen LogP contribution in [0.15, 0.2) is 71.6 Å². The first-order valence-electron chi connectivity index (χ1n) is 8.54. The number of fused-ring (bicyclic) bond motifs is 1. The Morgan fingerprint density at radius 2 is 1.75 bits per heavy atom. The summed E-state index contributed by atoms with van der Waals surface area (Å²) in [6, 6.07) is 21.0. The van der Waals surface area contributed by atoms with Crippen LogP contribution in [0.1, 0.15) is 0 Å². The molecule has 0 fully saturated rings. The van der Waals surface area contributed by atoms with E-state index >= 15 is 0 Å². The van der Waals surface area contributed by atoms with Crippen LogP contribution in [0.2, 0.25) is 0 Å². The maximum atomic E-state index is 11.7. The fourth-order valence-corrected chi connectivity index (χ4v) is 4.51. The van der Waals surface area contributed by atoms with E-state index in [9.17, 15) is 8.42 Å². The molecule has 5 nitrogen and oxygen atoms in total. The number of nitrogens with one attached hydrogen (secondary N) is 1. The average molecular weight is 411 g/mol. The van der Waals surface area contributed by atoms with Crippen molar-refractivity contribution in [1.82, 2.24) is 4.98 Å². The number of ether oxygens (including phenoxy) is 1. The zero-order valence-corrected chi connectivity index (χ0v) is 17.0. The lowest BCUT2D eigenvalue weighted by atomic mass is 10.1. The van der Waals surface area contributed by atoms with Gasteiger partial charge >= 0.3 is 0 Å². The topological polar surface area (TPSA) is 68.3 Å². The predicted molar refractivity (Wildman–Crippen MR) is 114 cm³/mol. The second-order valence-electron chi connectivity index (χ2n) is 6.36. The lowest BCUT2D eigenvalue weighted by Crippen LogP contribution is -1.95. The van der Waals surface area contributed by atoms with E-state index < -0.39 is 9.84 Å². The molecule has 7 heteroatoms. The van der Waals surface area contributed by atoms with Crippen molar-refractivity contribution >= 4 is 42.2 Å². The summed E-state index contributed by atoms with van der Waals surface area (Å²) in [6.45, 7) is 0. The third-order valence-corrected chi connectivity index (χ3v) is 6.37. The number of thiazole rings is 1. The largest absolute Gasteiger partial charge is 0.497 e. The number of rotatable bonds is 5. The molecule has 0 saturated carbocycles. The number of aromatic nitrogens is 1. The molecule has 0 saturated heterocycles. The first-order chi connectivity index (χ1) is 13.4. The van der Waals surface area contributed by atoms with Crippen molar-refractivity contribution in [3.8, 4) is 16.9 Å². The van der Waals surface area contributed by atoms with Gasteiger partial charge < -0.3 is 10.1 Å². The van der Waals surface area contributed by atoms with Crippen molar-refractivity contribution in [2.24, 2.45) is 0 Å². The van der Waals surface area contributed by atoms with E-state index in [4.69, 9.17) is 4.74 Å². The summed E-state index contributed by atoms with van der Waals surface area (Å²) in [5.74, 6) is 0.822. The van der Waals surface area contributed by atoms with Gasteiger partial charge in [-0.1, -0.05) is 35.6 Å². The minimum atomic E-state index is -3.23. The van der Waals surface area contributed by atoms with Gasteiger partial charge in [0.05, 0.1) is 22.2 Å². The molecule has 4 rings (SSSR count). The zero-order chi connectivity index (χ0) is 19.7. The molecule has 0 aliphatic carbocycles. The van der Waals surface area contributed by atoms with Crippen molar-refractivity contribution in [2.75, 3.05) is 18.7 Å². The quantitative estimate of drug-likeness (QED) is 0.495. The van der Waals surface area contributed by atoms with Crippen molar-refractivity contribution < 1.29 is 13.2 Å². The maximum Gasteiger partial charge on any atom is 0.188 e. The Morgan fingerprint density at radius 3 is 2.46 bits per heavy atom. The lowest BCUT2D eigenvalue weighted by molar-refractivity contribution is 0.415. The number of nitrogens with zero attached hydrogens (tertiary/aromatic N) is 1. The molecule has 0 spiro atoms. The van der Waals surface area contributed by atoms with Gasteiger partial charge in [0.15, 0.2) is 15.0 Å². The van der Waals surface area contributed by atoms with E-state index in [1.165, 1.54) is 17.6 Å². The van der Waals surface area contributed by atoms with Crippen molar-refractivity contribution in [3.63, 3.8) is 0 Å². The summed E-state index contributed by atoms with van der Waals surface area (Å²) in [7, 11) is -1.57. The smallest absolute Gasteiger partial charge is 0.188 e. The molecule has 4 aromatic rings. The molecule has 1 aromatic heterocycles. The molecule has 0 atom stereocenters. The number of methoxy groups -OCH3 is 1. The Kier molecular flexibility index (Phi) is 4.78. The van der Waals surface area contributed by atoms with E-state index in [1.807, 2.05) is 48.5 Å². The van der Waals surface area contributed by atoms with Crippen LogP contribution in [0.25, 0.3) is 21.3 Å². The molecule has 0 radical (unpaired) electrons. The van der Waals surface area contributed by atoms with Gasteiger partial charge in [0.25, 0.3) is 0 Å². The number of hydrogen-bond donors (Lipinski definition) is 1. The van der Waals surface area contributed by atoms with Crippen LogP contribution in [0.5, 0.6) is 5.75 Å². The first-order valence-corrected chi connectivity index (χ1v) is 11.3. The van der Waals surface area contributed by atoms with Crippen LogP contribution in [0.4, 0.5) is 10.8 Å². The molecule has 0 amide bonds. The summed E-state index contributed by atoms with van der Waals surface area (Å²) in [6.07, 6.45) is 1.21. The molecule has 1 heterocycles. The molecule has 142 valence electrons. The van der Waals surface area contributed by atoms with Gasteiger partial charge in [0.1, 0.15) is 5.75 Å². The Balaban J connectivity index is 1.57. The molecule has 0 bridgehead atoms. The highest BCUT2D eigenvalue weighted by atomic mass is 32.2. The third-order valence-electron chi connectivity index (χ3n) is 4.33. The fourth-order valence-electron chi connectivity index (χ4n) is 2.86. The Morgan fingerprint density at radius 1 is 0.964 bits per heavy atom. The number of sulfone groups is 1. The van der Waals surface area contributed by atoms with Crippen molar-refractivity contribution in [3.05, 3.63) is 66.7 Å². The van der Waals surface area contributed by atoms with E-state index in [2.05, 4.69) is 10.3 Å². The molecule has 1 N–H and O–H groups in total. The van der Waals surface area contributed by atoms with E-state index in [0.717, 1.165) is 37.9 Å². The number of benzene rings is 3. The Labute approximate surface area is 167 Å². The summed E-state index contributed by atoms with van der Waals surface area (Å²) < 4.78 is 29.6. The van der Waals surface area contributed by atoms with Gasteiger partial charge in [-0.3, -0.25) is 0 Å². The van der Waals surface area contributed by atoms with Gasteiger partial charge in [-0.15, -0.1) is 0 Å². The maximum absolute atomic E-state index is 11.7. The first kappa shape index (κ1) is 18.5. The van der Waals surface area contributed by atoms with Gasteiger partial charge in [0.2, 0.25) is 0 Å². The average Bonchev–Trinajstić information content (AvgIpc) is 3.09. The standard InChI is InChI=1S/C21H18N2O3S2/c1-26-17-5-3-4-15(12-17)14-6-8-16(9-7-14)22-21-23-19-11-10-18(28(2,24)25)13-20(19)27-21/h3-13H,1-2H3,(H,22,23). The Bertz CT molecular complexity index is 1250. The van der Waals surface area contributed by atoms with Crippen LogP contribution in [0.3, 0.4) is 0 Å². The molecule has 0 unspecified atom stereocenters. The SMILES string of the molecule is COc1cccc(-c2ccc(Nc3nc4ccc(S(C)(=O)=O)cc4s3)cc2)c1. The van der Waals surface area contributed by atoms with E-state index in [-0.39, 0.29) is 0 Å². The van der Waals surface area contributed by atoms with E-state index in [1.54, 1.807) is 25.3 Å². The zero-order valence-electron chi connectivity index (χ0n) is 15.3. The van der Waals surface area contributed by atoms with Crippen LogP contribution < -0.4 is 10.1 Å². The molecule has 0 aliphatic rings. The minimum Gasteiger partial charge on any atom is -0.497 e. The van der Waals surface area contributed by atoms with Crippen LogP contribution in [-0.4, -0.2) is 26.8 Å².